The van der Waals surface area contributed by atoms with E-state index in [0.29, 0.717) is 4.21 Å². The second kappa shape index (κ2) is 2.57. The zero-order valence-electron chi connectivity index (χ0n) is 6.67. The summed E-state index contributed by atoms with van der Waals surface area (Å²) in [5, 5.41) is 0.874. The van der Waals surface area contributed by atoms with Gasteiger partial charge in [-0.1, -0.05) is 0 Å². The van der Waals surface area contributed by atoms with E-state index in [0.717, 1.165) is 10.7 Å². The van der Waals surface area contributed by atoms with Crippen LogP contribution in [0.15, 0.2) is 4.21 Å². The lowest BCUT2D eigenvalue weighted by Gasteiger charge is -1.94. The van der Waals surface area contributed by atoms with Gasteiger partial charge in [-0.15, -0.1) is 11.3 Å². The molecule has 0 aliphatic carbocycles. The van der Waals surface area contributed by atoms with Crippen LogP contribution in [0, 0.1) is 18.6 Å². The predicted molar refractivity (Wildman–Crippen MR) is 46.6 cm³/mol. The Morgan fingerprint density at radius 2 is 2.09 bits per heavy atom. The average molecular weight is 190 g/mol. The van der Waals surface area contributed by atoms with Crippen molar-refractivity contribution in [2.24, 2.45) is 0 Å². The zero-order valence-corrected chi connectivity index (χ0v) is 8.30. The van der Waals surface area contributed by atoms with Gasteiger partial charge in [0.25, 0.3) is 0 Å². The van der Waals surface area contributed by atoms with E-state index in [2.05, 4.69) is 4.98 Å². The highest BCUT2D eigenvalue weighted by Gasteiger charge is 2.11. The van der Waals surface area contributed by atoms with Crippen LogP contribution in [0.3, 0.4) is 0 Å². The summed E-state index contributed by atoms with van der Waals surface area (Å²) in [5.41, 5.74) is 0.731. The Kier molecular flexibility index (Phi) is 2.02. The van der Waals surface area contributed by atoms with Gasteiger partial charge in [0, 0.05) is 6.26 Å². The smallest absolute Gasteiger partial charge is 0.122 e. The molecule has 0 amide bonds. The Hall–Kier alpha value is -0.420. The lowest BCUT2D eigenvalue weighted by molar-refractivity contribution is 0.679. The van der Waals surface area contributed by atoms with Crippen molar-refractivity contribution in [1.82, 2.24) is 4.98 Å². The Balaban J connectivity index is 3.36. The first-order valence-corrected chi connectivity index (χ1v) is 5.87. The molecule has 0 aliphatic rings. The summed E-state index contributed by atoms with van der Waals surface area (Å²) in [6, 6.07) is 0. The standard InChI is InChI=1S/C6H10N2OS2/c1-4-6(11(3,7)9)10-5(2)8-4/h7H,1-3H3. The van der Waals surface area contributed by atoms with E-state index >= 15 is 0 Å². The molecule has 1 N–H and O–H groups in total. The molecule has 1 atom stereocenters. The molecular weight excluding hydrogens is 180 g/mol. The number of thiazole rings is 1. The molecule has 0 aromatic carbocycles. The molecule has 11 heavy (non-hydrogen) atoms. The molecule has 0 bridgehead atoms. The Bertz CT molecular complexity index is 364. The number of nitrogens with one attached hydrogen (secondary N) is 1. The summed E-state index contributed by atoms with van der Waals surface area (Å²) in [6.07, 6.45) is 1.42. The molecule has 0 fully saturated rings. The Morgan fingerprint density at radius 3 is 2.27 bits per heavy atom. The minimum absolute atomic E-state index is 0.606. The van der Waals surface area contributed by atoms with Crippen LogP contribution in [0.2, 0.25) is 0 Å². The molecule has 1 aromatic rings. The third-order valence-corrected chi connectivity index (χ3v) is 4.29. The molecule has 0 saturated carbocycles. The van der Waals surface area contributed by atoms with Gasteiger partial charge in [0.2, 0.25) is 0 Å². The van der Waals surface area contributed by atoms with Crippen molar-refractivity contribution in [2.45, 2.75) is 18.1 Å². The van der Waals surface area contributed by atoms with E-state index < -0.39 is 9.73 Å². The topological polar surface area (TPSA) is 53.8 Å². The van der Waals surface area contributed by atoms with Gasteiger partial charge in [-0.25, -0.2) is 14.0 Å². The summed E-state index contributed by atoms with van der Waals surface area (Å²) in [4.78, 5) is 4.10. The quantitative estimate of drug-likeness (QED) is 0.734. The second-order valence-electron chi connectivity index (χ2n) is 2.45. The summed E-state index contributed by atoms with van der Waals surface area (Å²) >= 11 is 1.35. The number of hydrogen-bond donors (Lipinski definition) is 1. The number of aryl methyl sites for hydroxylation is 2. The minimum atomic E-state index is -2.56. The van der Waals surface area contributed by atoms with Gasteiger partial charge in [0.05, 0.1) is 20.4 Å². The van der Waals surface area contributed by atoms with E-state index in [1.165, 1.54) is 17.6 Å². The maximum atomic E-state index is 11.3. The molecule has 1 heterocycles. The Labute approximate surface area is 70.5 Å². The average Bonchev–Trinajstić information content (AvgIpc) is 2.08. The molecule has 0 aliphatic heterocycles. The first-order chi connectivity index (χ1) is 4.91. The molecular formula is C6H10N2OS2. The highest BCUT2D eigenvalue weighted by molar-refractivity contribution is 7.93. The first kappa shape index (κ1) is 8.67. The fraction of sp³-hybridized carbons (Fsp3) is 0.500. The Morgan fingerprint density at radius 1 is 1.55 bits per heavy atom. The molecule has 1 unspecified atom stereocenters. The van der Waals surface area contributed by atoms with Gasteiger partial charge in [-0.3, -0.25) is 0 Å². The predicted octanol–water partition coefficient (Wildman–Crippen LogP) is 1.80. The van der Waals surface area contributed by atoms with Crippen molar-refractivity contribution in [3.05, 3.63) is 10.7 Å². The molecule has 0 saturated heterocycles. The van der Waals surface area contributed by atoms with Crippen LogP contribution >= 0.6 is 11.3 Å². The molecule has 62 valence electrons. The number of nitrogens with zero attached hydrogens (tertiary/aromatic N) is 1. The monoisotopic (exact) mass is 190 g/mol. The van der Waals surface area contributed by atoms with Crippen molar-refractivity contribution in [2.75, 3.05) is 6.26 Å². The summed E-state index contributed by atoms with van der Waals surface area (Å²) in [6.45, 7) is 3.64. The maximum absolute atomic E-state index is 11.3. The van der Waals surface area contributed by atoms with Crippen LogP contribution in [-0.2, 0) is 9.73 Å². The molecule has 5 heteroatoms. The lowest BCUT2D eigenvalue weighted by atomic mass is 10.6. The number of hydrogen-bond acceptors (Lipinski definition) is 4. The molecule has 1 rings (SSSR count). The maximum Gasteiger partial charge on any atom is 0.122 e. The van der Waals surface area contributed by atoms with Gasteiger partial charge in [-0.05, 0) is 13.8 Å². The first-order valence-electron chi connectivity index (χ1n) is 3.09. The second-order valence-corrected chi connectivity index (χ2v) is 6.01. The van der Waals surface area contributed by atoms with Crippen LogP contribution < -0.4 is 0 Å². The highest BCUT2D eigenvalue weighted by atomic mass is 32.2. The number of aromatic nitrogens is 1. The summed E-state index contributed by atoms with van der Waals surface area (Å²) < 4.78 is 19.2. The van der Waals surface area contributed by atoms with Crippen molar-refractivity contribution >= 4 is 21.1 Å². The largest absolute Gasteiger partial charge is 0.248 e. The van der Waals surface area contributed by atoms with Gasteiger partial charge in [-0.2, -0.15) is 0 Å². The van der Waals surface area contributed by atoms with Crippen molar-refractivity contribution < 1.29 is 4.21 Å². The summed E-state index contributed by atoms with van der Waals surface area (Å²) in [5.74, 6) is 0. The highest BCUT2D eigenvalue weighted by Crippen LogP contribution is 2.22. The van der Waals surface area contributed by atoms with E-state index in [1.54, 1.807) is 6.92 Å². The normalized spacial score (nSPS) is 16.3. The zero-order chi connectivity index (χ0) is 8.65. The van der Waals surface area contributed by atoms with Crippen molar-refractivity contribution in [3.8, 4) is 0 Å². The van der Waals surface area contributed by atoms with Gasteiger partial charge >= 0.3 is 0 Å². The number of rotatable bonds is 1. The third kappa shape index (κ3) is 1.78. The lowest BCUT2D eigenvalue weighted by Crippen LogP contribution is -1.93. The third-order valence-electron chi connectivity index (χ3n) is 1.21. The van der Waals surface area contributed by atoms with Crippen LogP contribution in [0.25, 0.3) is 0 Å². The van der Waals surface area contributed by atoms with Crippen LogP contribution in [0.5, 0.6) is 0 Å². The molecule has 3 nitrogen and oxygen atoms in total. The van der Waals surface area contributed by atoms with E-state index in [-0.39, 0.29) is 0 Å². The van der Waals surface area contributed by atoms with Crippen molar-refractivity contribution in [3.63, 3.8) is 0 Å². The van der Waals surface area contributed by atoms with Crippen LogP contribution in [0.1, 0.15) is 10.7 Å². The SMILES string of the molecule is Cc1nc(C)c(S(C)(=N)=O)s1. The van der Waals surface area contributed by atoms with E-state index in [9.17, 15) is 4.21 Å². The molecule has 0 radical (unpaired) electrons. The van der Waals surface area contributed by atoms with Crippen LogP contribution in [0.4, 0.5) is 0 Å². The summed E-state index contributed by atoms with van der Waals surface area (Å²) in [7, 11) is -2.56. The fourth-order valence-electron chi connectivity index (χ4n) is 0.874. The van der Waals surface area contributed by atoms with Gasteiger partial charge < -0.3 is 0 Å². The van der Waals surface area contributed by atoms with Gasteiger partial charge in [0.15, 0.2) is 0 Å². The van der Waals surface area contributed by atoms with Gasteiger partial charge in [0.1, 0.15) is 4.21 Å². The molecule has 1 aromatic heterocycles. The fourth-order valence-corrected chi connectivity index (χ4v) is 3.13. The van der Waals surface area contributed by atoms with E-state index in [4.69, 9.17) is 4.78 Å². The molecule has 0 spiro atoms. The van der Waals surface area contributed by atoms with E-state index in [1.807, 2.05) is 6.92 Å². The van der Waals surface area contributed by atoms with Crippen LogP contribution in [-0.4, -0.2) is 15.4 Å². The van der Waals surface area contributed by atoms with Crippen molar-refractivity contribution in [1.29, 1.82) is 4.78 Å². The minimum Gasteiger partial charge on any atom is -0.248 e.